The first kappa shape index (κ1) is 14.9. The van der Waals surface area contributed by atoms with E-state index in [4.69, 9.17) is 0 Å². The highest BCUT2D eigenvalue weighted by atomic mass is 16.4. The number of carbonyl (C=O) groups is 1. The van der Waals surface area contributed by atoms with E-state index in [2.05, 4.69) is 41.0 Å². The summed E-state index contributed by atoms with van der Waals surface area (Å²) >= 11 is 0. The number of piperidine rings is 1. The van der Waals surface area contributed by atoms with Crippen LogP contribution in [-0.2, 0) is 4.79 Å². The summed E-state index contributed by atoms with van der Waals surface area (Å²) in [5.41, 5.74) is 2.43. The first-order chi connectivity index (χ1) is 9.49. The van der Waals surface area contributed by atoms with Crippen LogP contribution in [0.5, 0.6) is 0 Å². The van der Waals surface area contributed by atoms with Gasteiger partial charge < -0.3 is 10.0 Å². The van der Waals surface area contributed by atoms with Crippen molar-refractivity contribution in [3.8, 4) is 0 Å². The van der Waals surface area contributed by atoms with E-state index in [1.54, 1.807) is 0 Å². The minimum atomic E-state index is -0.662. The van der Waals surface area contributed by atoms with Gasteiger partial charge in [-0.1, -0.05) is 12.1 Å². The highest BCUT2D eigenvalue weighted by Gasteiger charge is 2.28. The van der Waals surface area contributed by atoms with Gasteiger partial charge in [0.15, 0.2) is 0 Å². The molecule has 4 nitrogen and oxygen atoms in total. The quantitative estimate of drug-likeness (QED) is 0.918. The molecule has 2 rings (SSSR count). The Balaban J connectivity index is 2.06. The minimum Gasteiger partial charge on any atom is -0.481 e. The van der Waals surface area contributed by atoms with Gasteiger partial charge in [0, 0.05) is 32.4 Å². The van der Waals surface area contributed by atoms with Gasteiger partial charge in [0.25, 0.3) is 0 Å². The van der Waals surface area contributed by atoms with Crippen LogP contribution in [0.4, 0.5) is 5.69 Å². The average molecular weight is 276 g/mol. The number of hydrogen-bond acceptors (Lipinski definition) is 3. The van der Waals surface area contributed by atoms with Gasteiger partial charge in [-0.05, 0) is 44.0 Å². The third-order valence-corrected chi connectivity index (χ3v) is 4.24. The molecule has 1 fully saturated rings. The second-order valence-corrected chi connectivity index (χ2v) is 5.83. The molecule has 1 aliphatic rings. The Kier molecular flexibility index (Phi) is 4.65. The van der Waals surface area contributed by atoms with E-state index >= 15 is 0 Å². The van der Waals surface area contributed by atoms with Crippen LogP contribution in [0.25, 0.3) is 0 Å². The second-order valence-electron chi connectivity index (χ2n) is 5.83. The van der Waals surface area contributed by atoms with Gasteiger partial charge in [-0.2, -0.15) is 0 Å². The molecule has 2 unspecified atom stereocenters. The van der Waals surface area contributed by atoms with Crippen molar-refractivity contribution in [1.82, 2.24) is 4.90 Å². The normalized spacial score (nSPS) is 21.4. The molecule has 1 aromatic carbocycles. The average Bonchev–Trinajstić information content (AvgIpc) is 2.46. The topological polar surface area (TPSA) is 43.8 Å². The molecule has 1 aromatic rings. The summed E-state index contributed by atoms with van der Waals surface area (Å²) in [6.45, 7) is 3.81. The zero-order valence-corrected chi connectivity index (χ0v) is 12.5. The van der Waals surface area contributed by atoms with Crippen LogP contribution < -0.4 is 4.90 Å². The maximum absolute atomic E-state index is 11.1. The number of carboxylic acid groups (broad SMARTS) is 1. The lowest BCUT2D eigenvalue weighted by atomic mass is 9.95. The Morgan fingerprint density at radius 3 is 2.55 bits per heavy atom. The molecular formula is C16H24N2O2. The Hall–Kier alpha value is -1.55. The van der Waals surface area contributed by atoms with Crippen LogP contribution in [0.15, 0.2) is 24.3 Å². The molecule has 1 saturated heterocycles. The predicted molar refractivity (Wildman–Crippen MR) is 81.1 cm³/mol. The standard InChI is InChI=1S/C16H24N2O2/c1-12(13-6-8-15(9-7-13)17(2)3)18-10-4-5-14(11-18)16(19)20/h6-9,12,14H,4-5,10-11H2,1-3H3,(H,19,20). The monoisotopic (exact) mass is 276 g/mol. The molecule has 4 heteroatoms. The fourth-order valence-corrected chi connectivity index (χ4v) is 2.82. The lowest BCUT2D eigenvalue weighted by Crippen LogP contribution is -2.40. The molecule has 0 bridgehead atoms. The summed E-state index contributed by atoms with van der Waals surface area (Å²) in [4.78, 5) is 15.5. The molecule has 0 radical (unpaired) electrons. The first-order valence-corrected chi connectivity index (χ1v) is 7.23. The van der Waals surface area contributed by atoms with Gasteiger partial charge in [-0.25, -0.2) is 0 Å². The largest absolute Gasteiger partial charge is 0.481 e. The molecule has 1 heterocycles. The number of likely N-dealkylation sites (tertiary alicyclic amines) is 1. The number of rotatable bonds is 4. The maximum Gasteiger partial charge on any atom is 0.307 e. The van der Waals surface area contributed by atoms with E-state index in [1.165, 1.54) is 11.3 Å². The number of anilines is 1. The third kappa shape index (κ3) is 3.31. The fraction of sp³-hybridized carbons (Fsp3) is 0.562. The van der Waals surface area contributed by atoms with Gasteiger partial charge in [0.2, 0.25) is 0 Å². The molecule has 1 N–H and O–H groups in total. The van der Waals surface area contributed by atoms with E-state index in [-0.39, 0.29) is 12.0 Å². The Morgan fingerprint density at radius 1 is 1.35 bits per heavy atom. The summed E-state index contributed by atoms with van der Waals surface area (Å²) in [5, 5.41) is 9.17. The van der Waals surface area contributed by atoms with Gasteiger partial charge >= 0.3 is 5.97 Å². The highest BCUT2D eigenvalue weighted by molar-refractivity contribution is 5.70. The molecule has 1 aliphatic heterocycles. The molecule has 2 atom stereocenters. The number of carboxylic acids is 1. The summed E-state index contributed by atoms with van der Waals surface area (Å²) in [7, 11) is 4.06. The third-order valence-electron chi connectivity index (χ3n) is 4.24. The van der Waals surface area contributed by atoms with E-state index in [0.29, 0.717) is 6.54 Å². The van der Waals surface area contributed by atoms with E-state index < -0.39 is 5.97 Å². The van der Waals surface area contributed by atoms with Gasteiger partial charge in [0.05, 0.1) is 5.92 Å². The minimum absolute atomic E-state index is 0.216. The number of aliphatic carboxylic acids is 1. The molecule has 0 aromatic heterocycles. The Labute approximate surface area is 121 Å². The van der Waals surface area contributed by atoms with Crippen molar-refractivity contribution in [3.05, 3.63) is 29.8 Å². The van der Waals surface area contributed by atoms with E-state index in [9.17, 15) is 9.90 Å². The fourth-order valence-electron chi connectivity index (χ4n) is 2.82. The smallest absolute Gasteiger partial charge is 0.307 e. The number of hydrogen-bond donors (Lipinski definition) is 1. The maximum atomic E-state index is 11.1. The Morgan fingerprint density at radius 2 is 2.00 bits per heavy atom. The summed E-state index contributed by atoms with van der Waals surface area (Å²) in [6, 6.07) is 8.79. The van der Waals surface area contributed by atoms with Crippen LogP contribution in [0.1, 0.15) is 31.4 Å². The van der Waals surface area contributed by atoms with Crippen molar-refractivity contribution in [2.45, 2.75) is 25.8 Å². The second kappa shape index (κ2) is 6.27. The first-order valence-electron chi connectivity index (χ1n) is 7.23. The summed E-state index contributed by atoms with van der Waals surface area (Å²) in [6.07, 6.45) is 1.77. The molecule has 110 valence electrons. The van der Waals surface area contributed by atoms with E-state index in [0.717, 1.165) is 19.4 Å². The van der Waals surface area contributed by atoms with Crippen molar-refractivity contribution in [3.63, 3.8) is 0 Å². The van der Waals surface area contributed by atoms with Crippen LogP contribution in [-0.4, -0.2) is 43.2 Å². The summed E-state index contributed by atoms with van der Waals surface area (Å²) < 4.78 is 0. The van der Waals surface area contributed by atoms with Crippen molar-refractivity contribution < 1.29 is 9.90 Å². The molecule has 0 spiro atoms. The molecule has 0 saturated carbocycles. The SMILES string of the molecule is CC(c1ccc(N(C)C)cc1)N1CCCC(C(=O)O)C1. The van der Waals surface area contributed by atoms with Crippen LogP contribution >= 0.6 is 0 Å². The van der Waals surface area contributed by atoms with Gasteiger partial charge in [0.1, 0.15) is 0 Å². The molecular weight excluding hydrogens is 252 g/mol. The zero-order chi connectivity index (χ0) is 14.7. The van der Waals surface area contributed by atoms with Crippen molar-refractivity contribution in [1.29, 1.82) is 0 Å². The highest BCUT2D eigenvalue weighted by Crippen LogP contribution is 2.27. The summed E-state index contributed by atoms with van der Waals surface area (Å²) in [5.74, 6) is -0.878. The van der Waals surface area contributed by atoms with Crippen LogP contribution in [0.2, 0.25) is 0 Å². The van der Waals surface area contributed by atoms with Crippen LogP contribution in [0.3, 0.4) is 0 Å². The van der Waals surface area contributed by atoms with E-state index in [1.807, 2.05) is 14.1 Å². The molecule has 20 heavy (non-hydrogen) atoms. The number of benzene rings is 1. The van der Waals surface area contributed by atoms with Gasteiger partial charge in [-0.3, -0.25) is 9.69 Å². The van der Waals surface area contributed by atoms with Crippen molar-refractivity contribution in [2.24, 2.45) is 5.92 Å². The van der Waals surface area contributed by atoms with Gasteiger partial charge in [-0.15, -0.1) is 0 Å². The lowest BCUT2D eigenvalue weighted by molar-refractivity contribution is -0.143. The molecule has 0 amide bonds. The predicted octanol–water partition coefficient (Wildman–Crippen LogP) is 2.61. The van der Waals surface area contributed by atoms with Crippen LogP contribution in [0, 0.1) is 5.92 Å². The molecule has 0 aliphatic carbocycles. The zero-order valence-electron chi connectivity index (χ0n) is 12.5. The number of nitrogens with zero attached hydrogens (tertiary/aromatic N) is 2. The lowest BCUT2D eigenvalue weighted by Gasteiger charge is -2.35. The van der Waals surface area contributed by atoms with Crippen molar-refractivity contribution in [2.75, 3.05) is 32.1 Å². The van der Waals surface area contributed by atoms with Crippen molar-refractivity contribution >= 4 is 11.7 Å². The Bertz CT molecular complexity index is 456.